The molecule has 0 amide bonds. The van der Waals surface area contributed by atoms with Crippen molar-refractivity contribution in [3.05, 3.63) is 0 Å². The largest absolute Gasteiger partial charge is 0.472 e. The third-order valence-corrected chi connectivity index (χ3v) is 19.2. The van der Waals surface area contributed by atoms with E-state index in [1.807, 2.05) is 0 Å². The van der Waals surface area contributed by atoms with Gasteiger partial charge in [-0.1, -0.05) is 325 Å². The number of carbonyl (C=O) groups is 4. The molecule has 0 aromatic heterocycles. The van der Waals surface area contributed by atoms with Crippen molar-refractivity contribution in [1.82, 2.24) is 0 Å². The van der Waals surface area contributed by atoms with Crippen LogP contribution < -0.4 is 0 Å². The van der Waals surface area contributed by atoms with Crippen LogP contribution in [0.5, 0.6) is 0 Å². The van der Waals surface area contributed by atoms with Crippen LogP contribution in [0.4, 0.5) is 0 Å². The van der Waals surface area contributed by atoms with Gasteiger partial charge < -0.3 is 33.8 Å². The summed E-state index contributed by atoms with van der Waals surface area (Å²) in [7, 11) is -9.91. The van der Waals surface area contributed by atoms with Gasteiger partial charge in [0.05, 0.1) is 26.4 Å². The number of hydrogen-bond acceptors (Lipinski definition) is 15. The van der Waals surface area contributed by atoms with Crippen LogP contribution in [0.2, 0.25) is 0 Å². The van der Waals surface area contributed by atoms with Crippen molar-refractivity contribution < 1.29 is 80.2 Å². The summed E-state index contributed by atoms with van der Waals surface area (Å²) >= 11 is 0. The first-order chi connectivity index (χ1) is 45.1. The second kappa shape index (κ2) is 64.4. The molecule has 3 N–H and O–H groups in total. The average Bonchev–Trinajstić information content (AvgIpc) is 1.47. The molecular formula is C75H146O17P2. The van der Waals surface area contributed by atoms with E-state index in [1.54, 1.807) is 0 Å². The maximum Gasteiger partial charge on any atom is 0.472 e. The zero-order chi connectivity index (χ0) is 69.6. The van der Waals surface area contributed by atoms with Crippen molar-refractivity contribution in [2.45, 2.75) is 395 Å². The topological polar surface area (TPSA) is 237 Å². The van der Waals surface area contributed by atoms with E-state index in [0.29, 0.717) is 31.6 Å². The van der Waals surface area contributed by atoms with Crippen molar-refractivity contribution in [2.75, 3.05) is 39.6 Å². The van der Waals surface area contributed by atoms with Crippen LogP contribution in [0.25, 0.3) is 0 Å². The van der Waals surface area contributed by atoms with Gasteiger partial charge in [0, 0.05) is 25.7 Å². The first kappa shape index (κ1) is 92.1. The molecule has 94 heavy (non-hydrogen) atoms. The zero-order valence-corrected chi connectivity index (χ0v) is 63.4. The number of ether oxygens (including phenoxy) is 4. The molecule has 0 aliphatic heterocycles. The Hall–Kier alpha value is -1.94. The van der Waals surface area contributed by atoms with E-state index in [0.717, 1.165) is 114 Å². The predicted molar refractivity (Wildman–Crippen MR) is 381 cm³/mol. The lowest BCUT2D eigenvalue weighted by atomic mass is 10.0. The Morgan fingerprint density at radius 1 is 0.266 bits per heavy atom. The Labute approximate surface area is 575 Å². The van der Waals surface area contributed by atoms with Gasteiger partial charge in [0.15, 0.2) is 12.2 Å². The number of phosphoric ester groups is 2. The molecule has 17 nitrogen and oxygen atoms in total. The Kier molecular flexibility index (Phi) is 63.1. The molecule has 0 aliphatic carbocycles. The molecule has 558 valence electrons. The normalized spacial score (nSPS) is 14.2. The van der Waals surface area contributed by atoms with Gasteiger partial charge in [0.1, 0.15) is 19.3 Å². The van der Waals surface area contributed by atoms with Gasteiger partial charge in [-0.25, -0.2) is 9.13 Å². The molecule has 0 spiro atoms. The maximum atomic E-state index is 13.0. The van der Waals surface area contributed by atoms with Crippen molar-refractivity contribution in [2.24, 2.45) is 23.7 Å². The summed E-state index contributed by atoms with van der Waals surface area (Å²) in [4.78, 5) is 72.7. The van der Waals surface area contributed by atoms with E-state index in [1.165, 1.54) is 173 Å². The lowest BCUT2D eigenvalue weighted by molar-refractivity contribution is -0.161. The van der Waals surface area contributed by atoms with E-state index in [-0.39, 0.29) is 25.7 Å². The molecule has 0 radical (unpaired) electrons. The zero-order valence-electron chi connectivity index (χ0n) is 61.6. The Morgan fingerprint density at radius 2 is 0.447 bits per heavy atom. The Morgan fingerprint density at radius 3 is 0.660 bits per heavy atom. The summed E-state index contributed by atoms with van der Waals surface area (Å²) in [5.41, 5.74) is 0. The highest BCUT2D eigenvalue weighted by molar-refractivity contribution is 7.47. The van der Waals surface area contributed by atoms with E-state index in [2.05, 4.69) is 55.4 Å². The van der Waals surface area contributed by atoms with E-state index in [4.69, 9.17) is 37.0 Å². The summed E-state index contributed by atoms with van der Waals surface area (Å²) in [6.45, 7) is 14.1. The molecule has 0 aromatic carbocycles. The van der Waals surface area contributed by atoms with Crippen molar-refractivity contribution in [3.63, 3.8) is 0 Å². The van der Waals surface area contributed by atoms with Crippen molar-refractivity contribution in [3.8, 4) is 0 Å². The van der Waals surface area contributed by atoms with Gasteiger partial charge in [-0.2, -0.15) is 0 Å². The van der Waals surface area contributed by atoms with Crippen molar-refractivity contribution in [1.29, 1.82) is 0 Å². The molecule has 0 fully saturated rings. The monoisotopic (exact) mass is 1380 g/mol. The highest BCUT2D eigenvalue weighted by Gasteiger charge is 2.30. The molecule has 0 saturated carbocycles. The number of hydrogen-bond donors (Lipinski definition) is 3. The summed E-state index contributed by atoms with van der Waals surface area (Å²) in [6.07, 6.45) is 48.8. The fourth-order valence-electron chi connectivity index (χ4n) is 11.4. The SMILES string of the molecule is CC(C)CCCCCCCCCCCCCCCCCCC(=O)O[C@H](COC(=O)CCCCCCCCC(C)C)COP(=O)(O)OCC(O)COP(=O)(O)OC[C@@H](COC(=O)CCCCCCCCCCC(C)C)OC(=O)CCCCCCCCCCCCCCC(C)C. The third-order valence-electron chi connectivity index (χ3n) is 17.3. The van der Waals surface area contributed by atoms with Gasteiger partial charge in [-0.15, -0.1) is 0 Å². The Bertz CT molecular complexity index is 1850. The molecule has 0 heterocycles. The number of carbonyl (C=O) groups excluding carboxylic acids is 4. The van der Waals surface area contributed by atoms with Crippen LogP contribution >= 0.6 is 15.6 Å². The summed E-state index contributed by atoms with van der Waals surface area (Å²) < 4.78 is 68.4. The summed E-state index contributed by atoms with van der Waals surface area (Å²) in [5.74, 6) is 0.867. The molecule has 3 unspecified atom stereocenters. The number of aliphatic hydroxyl groups is 1. The average molecular weight is 1380 g/mol. The van der Waals surface area contributed by atoms with Crippen LogP contribution in [0.3, 0.4) is 0 Å². The molecule has 0 bridgehead atoms. The highest BCUT2D eigenvalue weighted by Crippen LogP contribution is 2.45. The lowest BCUT2D eigenvalue weighted by Crippen LogP contribution is -2.30. The predicted octanol–water partition coefficient (Wildman–Crippen LogP) is 21.7. The number of esters is 4. The minimum atomic E-state index is -4.96. The van der Waals surface area contributed by atoms with Gasteiger partial charge in [0.25, 0.3) is 0 Å². The first-order valence-electron chi connectivity index (χ1n) is 38.7. The van der Waals surface area contributed by atoms with E-state index >= 15 is 0 Å². The summed E-state index contributed by atoms with van der Waals surface area (Å²) in [6, 6.07) is 0. The second-order valence-corrected chi connectivity index (χ2v) is 31.9. The molecule has 5 atom stereocenters. The molecule has 19 heteroatoms. The fourth-order valence-corrected chi connectivity index (χ4v) is 13.0. The van der Waals surface area contributed by atoms with Gasteiger partial charge in [-0.05, 0) is 49.4 Å². The van der Waals surface area contributed by atoms with Gasteiger partial charge >= 0.3 is 39.5 Å². The number of aliphatic hydroxyl groups excluding tert-OH is 1. The smallest absolute Gasteiger partial charge is 0.462 e. The highest BCUT2D eigenvalue weighted by atomic mass is 31.2. The maximum absolute atomic E-state index is 13.0. The Balaban J connectivity index is 5.20. The molecule has 0 saturated heterocycles. The second-order valence-electron chi connectivity index (χ2n) is 28.9. The van der Waals surface area contributed by atoms with Crippen LogP contribution in [0, 0.1) is 23.7 Å². The molecule has 0 aliphatic rings. The van der Waals surface area contributed by atoms with E-state index in [9.17, 15) is 43.2 Å². The minimum Gasteiger partial charge on any atom is -0.462 e. The molecule has 0 aromatic rings. The fraction of sp³-hybridized carbons (Fsp3) is 0.947. The van der Waals surface area contributed by atoms with Crippen LogP contribution in [0.15, 0.2) is 0 Å². The van der Waals surface area contributed by atoms with Crippen molar-refractivity contribution >= 4 is 39.5 Å². The first-order valence-corrected chi connectivity index (χ1v) is 41.7. The quantitative estimate of drug-likeness (QED) is 0.0222. The molecular weight excluding hydrogens is 1230 g/mol. The number of unbranched alkanes of at least 4 members (excludes halogenated alkanes) is 38. The van der Waals surface area contributed by atoms with E-state index < -0.39 is 97.5 Å². The summed E-state index contributed by atoms with van der Waals surface area (Å²) in [5, 5.41) is 10.6. The van der Waals surface area contributed by atoms with Crippen LogP contribution in [-0.4, -0.2) is 96.7 Å². The number of rotatable bonds is 72. The van der Waals surface area contributed by atoms with Gasteiger partial charge in [0.2, 0.25) is 0 Å². The van der Waals surface area contributed by atoms with Crippen LogP contribution in [-0.2, 0) is 65.4 Å². The van der Waals surface area contributed by atoms with Gasteiger partial charge in [-0.3, -0.25) is 37.3 Å². The third kappa shape index (κ3) is 68.6. The molecule has 0 rings (SSSR count). The lowest BCUT2D eigenvalue weighted by Gasteiger charge is -2.21. The minimum absolute atomic E-state index is 0.106. The number of phosphoric acid groups is 2. The van der Waals surface area contributed by atoms with Crippen LogP contribution in [0.1, 0.15) is 376 Å². The standard InChI is InChI=1S/C75H146O17P2/c1-65(2)51-43-35-27-21-17-13-11-9-10-12-14-19-23-31-41-49-57-75(80)92-71(62-86-73(78)56-48-40-34-33-38-46-54-68(7)8)64-90-94(83,84)88-60-69(76)59-87-93(81,82)89-63-70(61-85-72(77)55-47-39-30-26-25-29-37-45-53-67(5)6)91-74(79)58-50-42-32-24-20-16-15-18-22-28-36-44-52-66(3)4/h65-71,76H,9-64H2,1-8H3,(H,81,82)(H,83,84)/t69?,70-,71-/m1/s1.